The average Bonchev–Trinajstić information content (AvgIpc) is 2.03. The first-order valence-electron chi connectivity index (χ1n) is 3.98. The molecule has 3 heteroatoms. The molecule has 1 radical (unpaired) electrons. The molecule has 0 aliphatic rings. The molecule has 0 N–H and O–H groups in total. The minimum atomic E-state index is -0.406. The summed E-state index contributed by atoms with van der Waals surface area (Å²) in [7, 11) is 0. The zero-order valence-corrected chi connectivity index (χ0v) is 8.26. The van der Waals surface area contributed by atoms with Gasteiger partial charge in [-0.15, -0.1) is 0 Å². The van der Waals surface area contributed by atoms with E-state index >= 15 is 0 Å². The van der Waals surface area contributed by atoms with Gasteiger partial charge in [0.15, 0.2) is 0 Å². The van der Waals surface area contributed by atoms with E-state index < -0.39 is 5.97 Å². The topological polar surface area (TPSA) is 26.3 Å². The van der Waals surface area contributed by atoms with Crippen molar-refractivity contribution in [1.82, 2.24) is 0 Å². The summed E-state index contributed by atoms with van der Waals surface area (Å²) in [6.07, 6.45) is -0.135. The molecule has 0 spiro atoms. The molecule has 0 heterocycles. The van der Waals surface area contributed by atoms with E-state index in [2.05, 4.69) is 6.07 Å². The molecule has 0 fully saturated rings. The highest BCUT2D eigenvalue weighted by molar-refractivity contribution is 6.33. The van der Waals surface area contributed by atoms with Gasteiger partial charge in [-0.2, -0.15) is 0 Å². The van der Waals surface area contributed by atoms with Crippen LogP contribution in [0.2, 0.25) is 5.02 Å². The second-order valence-electron chi connectivity index (χ2n) is 2.86. The first-order valence-corrected chi connectivity index (χ1v) is 4.35. The number of halogens is 1. The maximum atomic E-state index is 11.3. The van der Waals surface area contributed by atoms with Crippen LogP contribution in [0.4, 0.5) is 0 Å². The molecule has 0 amide bonds. The number of carbonyl (C=O) groups is 1. The molecule has 0 unspecified atom stereocenters. The Kier molecular flexibility index (Phi) is 3.32. The molecular weight excluding hydrogens is 188 g/mol. The SMILES string of the molecule is CC(C)OC(=O)c1c[c]ccc1Cl. The summed E-state index contributed by atoms with van der Waals surface area (Å²) in [4.78, 5) is 11.3. The number of hydrogen-bond donors (Lipinski definition) is 0. The van der Waals surface area contributed by atoms with Crippen molar-refractivity contribution in [1.29, 1.82) is 0 Å². The van der Waals surface area contributed by atoms with Gasteiger partial charge in [0.05, 0.1) is 16.7 Å². The van der Waals surface area contributed by atoms with Crippen LogP contribution in [0.1, 0.15) is 24.2 Å². The molecule has 69 valence electrons. The van der Waals surface area contributed by atoms with Crippen molar-refractivity contribution in [3.05, 3.63) is 34.9 Å². The van der Waals surface area contributed by atoms with Crippen LogP contribution in [0.3, 0.4) is 0 Å². The lowest BCUT2D eigenvalue weighted by molar-refractivity contribution is 0.0378. The molecule has 0 aromatic heterocycles. The van der Waals surface area contributed by atoms with Gasteiger partial charge in [-0.1, -0.05) is 17.7 Å². The van der Waals surface area contributed by atoms with Crippen LogP contribution >= 0.6 is 11.6 Å². The lowest BCUT2D eigenvalue weighted by Crippen LogP contribution is -2.11. The maximum Gasteiger partial charge on any atom is 0.339 e. The zero-order chi connectivity index (χ0) is 9.84. The lowest BCUT2D eigenvalue weighted by Gasteiger charge is -2.08. The van der Waals surface area contributed by atoms with Crippen LogP contribution in [0.15, 0.2) is 18.2 Å². The normalized spacial score (nSPS) is 10.2. The van der Waals surface area contributed by atoms with Crippen molar-refractivity contribution in [3.63, 3.8) is 0 Å². The number of rotatable bonds is 2. The van der Waals surface area contributed by atoms with Crippen molar-refractivity contribution in [2.45, 2.75) is 20.0 Å². The third-order valence-corrected chi connectivity index (χ3v) is 1.70. The second-order valence-corrected chi connectivity index (χ2v) is 3.27. The second kappa shape index (κ2) is 4.28. The monoisotopic (exact) mass is 197 g/mol. The van der Waals surface area contributed by atoms with E-state index in [1.165, 1.54) is 6.07 Å². The quantitative estimate of drug-likeness (QED) is 0.682. The Balaban J connectivity index is 2.83. The first kappa shape index (κ1) is 10.1. The Bertz CT molecular complexity index is 308. The van der Waals surface area contributed by atoms with Crippen molar-refractivity contribution in [3.8, 4) is 0 Å². The molecule has 2 nitrogen and oxygen atoms in total. The number of ether oxygens (including phenoxy) is 1. The van der Waals surface area contributed by atoms with Crippen molar-refractivity contribution in [2.75, 3.05) is 0 Å². The molecule has 0 saturated heterocycles. The van der Waals surface area contributed by atoms with E-state index in [0.717, 1.165) is 0 Å². The van der Waals surface area contributed by atoms with E-state index in [4.69, 9.17) is 16.3 Å². The average molecular weight is 198 g/mol. The zero-order valence-electron chi connectivity index (χ0n) is 7.50. The van der Waals surface area contributed by atoms with Crippen LogP contribution in [-0.4, -0.2) is 12.1 Å². The maximum absolute atomic E-state index is 11.3. The van der Waals surface area contributed by atoms with E-state index in [1.807, 2.05) is 0 Å². The van der Waals surface area contributed by atoms with Crippen LogP contribution in [0, 0.1) is 6.07 Å². The number of esters is 1. The van der Waals surface area contributed by atoms with Gasteiger partial charge >= 0.3 is 5.97 Å². The Morgan fingerprint density at radius 1 is 1.62 bits per heavy atom. The molecule has 0 aliphatic heterocycles. The standard InChI is InChI=1S/C10H10ClO2/c1-7(2)13-10(12)8-5-3-4-6-9(8)11/h4-7H,1-2H3. The van der Waals surface area contributed by atoms with Crippen molar-refractivity contribution in [2.24, 2.45) is 0 Å². The van der Waals surface area contributed by atoms with Crippen LogP contribution in [0.25, 0.3) is 0 Å². The van der Waals surface area contributed by atoms with Crippen molar-refractivity contribution >= 4 is 17.6 Å². The molecule has 0 saturated carbocycles. The highest BCUT2D eigenvalue weighted by Gasteiger charge is 2.11. The number of hydrogen-bond acceptors (Lipinski definition) is 2. The summed E-state index contributed by atoms with van der Waals surface area (Å²) in [6, 6.07) is 7.55. The van der Waals surface area contributed by atoms with Gasteiger partial charge in [0.25, 0.3) is 0 Å². The Hall–Kier alpha value is -1.02. The van der Waals surface area contributed by atoms with E-state index in [-0.39, 0.29) is 6.10 Å². The molecule has 0 bridgehead atoms. The molecule has 1 aromatic carbocycles. The van der Waals surface area contributed by atoms with Crippen molar-refractivity contribution < 1.29 is 9.53 Å². The summed E-state index contributed by atoms with van der Waals surface area (Å²) in [5, 5.41) is 0.393. The third kappa shape index (κ3) is 2.74. The predicted octanol–water partition coefficient (Wildman–Crippen LogP) is 2.71. The molecule has 13 heavy (non-hydrogen) atoms. The van der Waals surface area contributed by atoms with Gasteiger partial charge in [-0.05, 0) is 32.0 Å². The van der Waals surface area contributed by atoms with Gasteiger partial charge in [-0.3, -0.25) is 0 Å². The summed E-state index contributed by atoms with van der Waals surface area (Å²) >= 11 is 5.78. The van der Waals surface area contributed by atoms with Gasteiger partial charge < -0.3 is 4.74 Å². The molecule has 0 atom stereocenters. The minimum Gasteiger partial charge on any atom is -0.459 e. The fourth-order valence-electron chi connectivity index (χ4n) is 0.845. The van der Waals surface area contributed by atoms with Crippen LogP contribution < -0.4 is 0 Å². The fourth-order valence-corrected chi connectivity index (χ4v) is 1.04. The highest BCUT2D eigenvalue weighted by atomic mass is 35.5. The van der Waals surface area contributed by atoms with Gasteiger partial charge in [-0.25, -0.2) is 4.79 Å². The summed E-state index contributed by atoms with van der Waals surface area (Å²) < 4.78 is 4.97. The Labute approximate surface area is 82.5 Å². The molecule has 1 aromatic rings. The van der Waals surface area contributed by atoms with E-state index in [9.17, 15) is 4.79 Å². The third-order valence-electron chi connectivity index (χ3n) is 1.37. The van der Waals surface area contributed by atoms with Gasteiger partial charge in [0.1, 0.15) is 0 Å². The van der Waals surface area contributed by atoms with Crippen LogP contribution in [-0.2, 0) is 4.74 Å². The molecule has 1 rings (SSSR count). The predicted molar refractivity (Wildman–Crippen MR) is 50.8 cm³/mol. The minimum absolute atomic E-state index is 0.135. The Morgan fingerprint density at radius 2 is 2.31 bits per heavy atom. The lowest BCUT2D eigenvalue weighted by atomic mass is 10.2. The first-order chi connectivity index (χ1) is 6.11. The molecule has 0 aliphatic carbocycles. The molecular formula is C10H10ClO2. The smallest absolute Gasteiger partial charge is 0.339 e. The summed E-state index contributed by atoms with van der Waals surface area (Å²) in [5.74, 6) is -0.406. The fraction of sp³-hybridized carbons (Fsp3) is 0.300. The number of benzene rings is 1. The number of carbonyl (C=O) groups excluding carboxylic acids is 1. The van der Waals surface area contributed by atoms with Gasteiger partial charge in [0.2, 0.25) is 0 Å². The Morgan fingerprint density at radius 3 is 2.85 bits per heavy atom. The van der Waals surface area contributed by atoms with E-state index in [0.29, 0.717) is 10.6 Å². The van der Waals surface area contributed by atoms with E-state index in [1.54, 1.807) is 26.0 Å². The highest BCUT2D eigenvalue weighted by Crippen LogP contribution is 2.15. The largest absolute Gasteiger partial charge is 0.459 e. The summed E-state index contributed by atoms with van der Waals surface area (Å²) in [5.41, 5.74) is 0.359. The van der Waals surface area contributed by atoms with Gasteiger partial charge in [0, 0.05) is 0 Å². The summed E-state index contributed by atoms with van der Waals surface area (Å²) in [6.45, 7) is 3.58. The van der Waals surface area contributed by atoms with Crippen LogP contribution in [0.5, 0.6) is 0 Å².